The van der Waals surface area contributed by atoms with Crippen LogP contribution >= 0.6 is 0 Å². The zero-order valence-corrected chi connectivity index (χ0v) is 29.1. The number of hydrogen-bond donors (Lipinski definition) is 0. The molecule has 0 unspecified atom stereocenters. The average molecular weight is 687 g/mol. The highest BCUT2D eigenvalue weighted by Gasteiger charge is 2.24. The lowest BCUT2D eigenvalue weighted by Gasteiger charge is -2.18. The Labute approximate surface area is 312 Å². The number of ether oxygens (including phenoxy) is 2. The van der Waals surface area contributed by atoms with E-state index in [1.165, 1.54) is 76.8 Å². The molecule has 0 saturated carbocycles. The van der Waals surface area contributed by atoms with E-state index in [-0.39, 0.29) is 0 Å². The molecule has 0 aromatic heterocycles. The van der Waals surface area contributed by atoms with E-state index in [1.807, 2.05) is 12.1 Å². The van der Waals surface area contributed by atoms with Gasteiger partial charge in [0.25, 0.3) is 0 Å². The van der Waals surface area contributed by atoms with E-state index in [9.17, 15) is 0 Å². The molecule has 0 spiro atoms. The summed E-state index contributed by atoms with van der Waals surface area (Å²) in [6.07, 6.45) is 0. The maximum atomic E-state index is 6.58. The molecule has 2 aliphatic rings. The van der Waals surface area contributed by atoms with Crippen LogP contribution < -0.4 is 9.47 Å². The minimum atomic E-state index is 0.871. The lowest BCUT2D eigenvalue weighted by molar-refractivity contribution is 0.487. The number of hydrogen-bond acceptors (Lipinski definition) is 2. The van der Waals surface area contributed by atoms with E-state index < -0.39 is 0 Å². The van der Waals surface area contributed by atoms with Crippen LogP contribution in [0.25, 0.3) is 99.1 Å². The predicted molar refractivity (Wildman–Crippen MR) is 223 cm³/mol. The van der Waals surface area contributed by atoms with Crippen molar-refractivity contribution in [2.24, 2.45) is 0 Å². The van der Waals surface area contributed by atoms with Gasteiger partial charge in [-0.3, -0.25) is 0 Å². The minimum absolute atomic E-state index is 0.871. The zero-order valence-electron chi connectivity index (χ0n) is 29.1. The topological polar surface area (TPSA) is 18.5 Å². The van der Waals surface area contributed by atoms with Crippen LogP contribution in [0.2, 0.25) is 0 Å². The fraction of sp³-hybridized carbons (Fsp3) is 0. The van der Waals surface area contributed by atoms with Crippen molar-refractivity contribution in [3.63, 3.8) is 0 Å². The summed E-state index contributed by atoms with van der Waals surface area (Å²) in [4.78, 5) is 0. The van der Waals surface area contributed by atoms with Gasteiger partial charge in [-0.25, -0.2) is 0 Å². The third-order valence-electron chi connectivity index (χ3n) is 11.5. The summed E-state index contributed by atoms with van der Waals surface area (Å²) in [5.41, 5.74) is 13.9. The van der Waals surface area contributed by atoms with Crippen LogP contribution in [0, 0.1) is 0 Å². The number of para-hydroxylation sites is 2. The van der Waals surface area contributed by atoms with E-state index in [1.54, 1.807) is 0 Å². The molecule has 0 N–H and O–H groups in total. The second-order valence-corrected chi connectivity index (χ2v) is 14.4. The van der Waals surface area contributed by atoms with Gasteiger partial charge in [0.05, 0.1) is 0 Å². The summed E-state index contributed by atoms with van der Waals surface area (Å²) in [6.45, 7) is 0. The van der Waals surface area contributed by atoms with E-state index in [4.69, 9.17) is 9.47 Å². The molecule has 0 aliphatic carbocycles. The van der Waals surface area contributed by atoms with Crippen LogP contribution in [0.5, 0.6) is 23.0 Å². The van der Waals surface area contributed by atoms with E-state index in [0.29, 0.717) is 0 Å². The first kappa shape index (κ1) is 29.4. The largest absolute Gasteiger partial charge is 0.456 e. The Bertz CT molecular complexity index is 2960. The van der Waals surface area contributed by atoms with Crippen molar-refractivity contribution in [3.05, 3.63) is 182 Å². The highest BCUT2D eigenvalue weighted by atomic mass is 16.5. The first-order chi connectivity index (χ1) is 26.8. The monoisotopic (exact) mass is 686 g/mol. The summed E-state index contributed by atoms with van der Waals surface area (Å²) in [5, 5.41) is 7.56. The molecule has 0 radical (unpaired) electrons. The molecule has 12 rings (SSSR count). The van der Waals surface area contributed by atoms with E-state index >= 15 is 0 Å². The Morgan fingerprint density at radius 3 is 1.04 bits per heavy atom. The minimum Gasteiger partial charge on any atom is -0.456 e. The van der Waals surface area contributed by atoms with Gasteiger partial charge in [-0.1, -0.05) is 146 Å². The van der Waals surface area contributed by atoms with Gasteiger partial charge in [-0.2, -0.15) is 0 Å². The van der Waals surface area contributed by atoms with Gasteiger partial charge in [0.2, 0.25) is 0 Å². The lowest BCUT2D eigenvalue weighted by atomic mass is 9.86. The van der Waals surface area contributed by atoms with Crippen molar-refractivity contribution in [2.75, 3.05) is 0 Å². The summed E-state index contributed by atoms with van der Waals surface area (Å²) in [7, 11) is 0. The van der Waals surface area contributed by atoms with Crippen molar-refractivity contribution in [2.45, 2.75) is 0 Å². The molecule has 0 atom stereocenters. The Hall–Kier alpha value is -7.16. The molecule has 250 valence electrons. The molecule has 0 fully saturated rings. The normalized spacial score (nSPS) is 12.4. The molecular formula is C52H30O2. The van der Waals surface area contributed by atoms with Crippen molar-refractivity contribution in [3.8, 4) is 89.8 Å². The Morgan fingerprint density at radius 1 is 0.241 bits per heavy atom. The highest BCUT2D eigenvalue weighted by molar-refractivity contribution is 6.27. The highest BCUT2D eigenvalue weighted by Crippen LogP contribution is 2.51. The molecule has 2 heterocycles. The van der Waals surface area contributed by atoms with E-state index in [0.717, 1.165) is 45.3 Å². The standard InChI is InChI=1S/C52H30O2/c1-3-11-39-37(9-1)41-13-5-7-15-47(41)53-49-27-21-33(29-45(39)49)35-23-17-31-20-26-44-36(24-18-32-19-25-43(35)51(31)52(32)44)34-22-28-50-46(30-34)40-12-4-2-10-38(40)42-14-6-8-16-48(42)54-50/h1-30H. The molecule has 0 saturated heterocycles. The van der Waals surface area contributed by atoms with Gasteiger partial charge in [0, 0.05) is 22.3 Å². The number of rotatable bonds is 2. The van der Waals surface area contributed by atoms with Gasteiger partial charge in [0.15, 0.2) is 0 Å². The average Bonchev–Trinajstić information content (AvgIpc) is 3.47. The maximum Gasteiger partial charge on any atom is 0.135 e. The lowest BCUT2D eigenvalue weighted by Crippen LogP contribution is -1.91. The zero-order chi connectivity index (χ0) is 35.3. The van der Waals surface area contributed by atoms with Gasteiger partial charge in [0.1, 0.15) is 23.0 Å². The Morgan fingerprint density at radius 2 is 0.593 bits per heavy atom. The van der Waals surface area contributed by atoms with Crippen LogP contribution in [-0.4, -0.2) is 0 Å². The van der Waals surface area contributed by atoms with Gasteiger partial charge in [-0.15, -0.1) is 0 Å². The second-order valence-electron chi connectivity index (χ2n) is 14.4. The molecule has 2 aliphatic heterocycles. The third-order valence-corrected chi connectivity index (χ3v) is 11.5. The Kier molecular flexibility index (Phi) is 6.09. The van der Waals surface area contributed by atoms with Crippen LogP contribution in [0.15, 0.2) is 182 Å². The summed E-state index contributed by atoms with van der Waals surface area (Å²) in [6, 6.07) is 65.5. The van der Waals surface area contributed by atoms with Gasteiger partial charge < -0.3 is 9.47 Å². The third kappa shape index (κ3) is 4.22. The predicted octanol–water partition coefficient (Wildman–Crippen LogP) is 14.8. The molecule has 2 heteroatoms. The molecular weight excluding hydrogens is 657 g/mol. The molecule has 10 aromatic carbocycles. The van der Waals surface area contributed by atoms with Gasteiger partial charge >= 0.3 is 0 Å². The van der Waals surface area contributed by atoms with Crippen molar-refractivity contribution in [1.82, 2.24) is 0 Å². The Balaban J connectivity index is 1.04. The first-order valence-electron chi connectivity index (χ1n) is 18.5. The molecule has 54 heavy (non-hydrogen) atoms. The van der Waals surface area contributed by atoms with E-state index in [2.05, 4.69) is 170 Å². The molecule has 0 amide bonds. The first-order valence-corrected chi connectivity index (χ1v) is 18.5. The summed E-state index contributed by atoms with van der Waals surface area (Å²) < 4.78 is 13.2. The number of benzene rings is 10. The number of fused-ring (bicyclic) bond motifs is 10. The summed E-state index contributed by atoms with van der Waals surface area (Å²) in [5.74, 6) is 3.50. The SMILES string of the molecule is c1ccc2c(c1)Oc1ccc(-c3ccc4ccc5c(-c6ccc7c(c6)-c6ccccc6-c6ccccc6O7)ccc6ccc3c4c65)cc1-c1ccccc1-2. The van der Waals surface area contributed by atoms with Crippen LogP contribution in [-0.2, 0) is 0 Å². The van der Waals surface area contributed by atoms with Crippen molar-refractivity contribution >= 4 is 32.3 Å². The van der Waals surface area contributed by atoms with Crippen LogP contribution in [0.4, 0.5) is 0 Å². The van der Waals surface area contributed by atoms with Crippen LogP contribution in [0.3, 0.4) is 0 Å². The van der Waals surface area contributed by atoms with Gasteiger partial charge in [-0.05, 0) is 113 Å². The summed E-state index contributed by atoms with van der Waals surface area (Å²) >= 11 is 0. The molecule has 2 nitrogen and oxygen atoms in total. The molecule has 0 bridgehead atoms. The quantitative estimate of drug-likeness (QED) is 0.169. The van der Waals surface area contributed by atoms with Crippen LogP contribution in [0.1, 0.15) is 0 Å². The second kappa shape index (κ2) is 11.2. The fourth-order valence-electron chi connectivity index (χ4n) is 9.00. The van der Waals surface area contributed by atoms with Crippen molar-refractivity contribution < 1.29 is 9.47 Å². The molecule has 10 aromatic rings. The smallest absolute Gasteiger partial charge is 0.135 e. The fourth-order valence-corrected chi connectivity index (χ4v) is 9.00. The maximum absolute atomic E-state index is 6.58. The van der Waals surface area contributed by atoms with Crippen molar-refractivity contribution in [1.29, 1.82) is 0 Å².